The van der Waals surface area contributed by atoms with Gasteiger partial charge in [-0.15, -0.1) is 13.2 Å². The van der Waals surface area contributed by atoms with Gasteiger partial charge in [-0.2, -0.15) is 0 Å². The molecule has 0 aromatic heterocycles. The Kier molecular flexibility index (Phi) is 7.81. The van der Waals surface area contributed by atoms with E-state index in [0.717, 1.165) is 31.6 Å². The van der Waals surface area contributed by atoms with Crippen molar-refractivity contribution < 1.29 is 9.53 Å². The van der Waals surface area contributed by atoms with E-state index < -0.39 is 0 Å². The van der Waals surface area contributed by atoms with Crippen LogP contribution in [0.15, 0.2) is 49.6 Å². The molecule has 1 aromatic carbocycles. The van der Waals surface area contributed by atoms with Crippen LogP contribution in [0.1, 0.15) is 67.3 Å². The van der Waals surface area contributed by atoms with Crippen LogP contribution in [0.2, 0.25) is 0 Å². The number of hydrogen-bond donors (Lipinski definition) is 0. The van der Waals surface area contributed by atoms with Crippen molar-refractivity contribution in [3.63, 3.8) is 0 Å². The quantitative estimate of drug-likeness (QED) is 0.322. The summed E-state index contributed by atoms with van der Waals surface area (Å²) in [6.07, 6.45) is 14.1. The molecule has 2 rings (SSSR count). The van der Waals surface area contributed by atoms with E-state index in [2.05, 4.69) is 13.2 Å². The Bertz CT molecular complexity index is 521. The summed E-state index contributed by atoms with van der Waals surface area (Å²) in [6, 6.07) is 7.65. The van der Waals surface area contributed by atoms with Gasteiger partial charge in [-0.25, -0.2) is 4.79 Å². The molecule has 0 amide bonds. The van der Waals surface area contributed by atoms with Crippen LogP contribution in [0.25, 0.3) is 0 Å². The summed E-state index contributed by atoms with van der Waals surface area (Å²) in [5.41, 5.74) is 1.81. The average Bonchev–Trinajstić information content (AvgIpc) is 2.61. The van der Waals surface area contributed by atoms with Gasteiger partial charge in [0.1, 0.15) is 6.10 Å². The highest BCUT2D eigenvalue weighted by Crippen LogP contribution is 2.30. The third kappa shape index (κ3) is 5.99. The van der Waals surface area contributed by atoms with Crippen molar-refractivity contribution in [1.29, 1.82) is 0 Å². The lowest BCUT2D eigenvalue weighted by molar-refractivity contribution is 0.0161. The molecule has 0 spiro atoms. The fourth-order valence-corrected chi connectivity index (χ4v) is 3.42. The molecular formula is C22H30O2. The van der Waals surface area contributed by atoms with Crippen molar-refractivity contribution in [2.24, 2.45) is 5.92 Å². The molecule has 1 fully saturated rings. The number of allylic oxidation sites excluding steroid dienone is 2. The second-order valence-electron chi connectivity index (χ2n) is 6.81. The van der Waals surface area contributed by atoms with Gasteiger partial charge in [0, 0.05) is 0 Å². The Morgan fingerprint density at radius 3 is 2.38 bits per heavy atom. The molecule has 0 saturated heterocycles. The van der Waals surface area contributed by atoms with Crippen LogP contribution >= 0.6 is 0 Å². The molecule has 0 unspecified atom stereocenters. The zero-order valence-electron chi connectivity index (χ0n) is 14.7. The molecule has 1 aliphatic rings. The predicted molar refractivity (Wildman–Crippen MR) is 100 cm³/mol. The molecular weight excluding hydrogens is 296 g/mol. The van der Waals surface area contributed by atoms with Crippen LogP contribution < -0.4 is 0 Å². The molecule has 1 aromatic rings. The molecule has 0 heterocycles. The SMILES string of the molecule is C=CCCCCC1CCC(OC(=O)c2ccc(CC=C)cc2)CC1. The summed E-state index contributed by atoms with van der Waals surface area (Å²) in [4.78, 5) is 12.3. The fourth-order valence-electron chi connectivity index (χ4n) is 3.42. The van der Waals surface area contributed by atoms with Gasteiger partial charge in [-0.1, -0.05) is 37.1 Å². The Balaban J connectivity index is 1.71. The number of carbonyl (C=O) groups is 1. The van der Waals surface area contributed by atoms with Crippen LogP contribution in [0.3, 0.4) is 0 Å². The molecule has 1 aliphatic carbocycles. The number of rotatable bonds is 9. The summed E-state index contributed by atoms with van der Waals surface area (Å²) in [5, 5.41) is 0. The number of esters is 1. The van der Waals surface area contributed by atoms with E-state index in [4.69, 9.17) is 4.74 Å². The summed E-state index contributed by atoms with van der Waals surface area (Å²) in [7, 11) is 0. The molecule has 0 radical (unpaired) electrons. The first-order chi connectivity index (χ1) is 11.7. The second kappa shape index (κ2) is 10.1. The van der Waals surface area contributed by atoms with Crippen molar-refractivity contribution in [2.75, 3.05) is 0 Å². The Morgan fingerprint density at radius 2 is 1.75 bits per heavy atom. The van der Waals surface area contributed by atoms with E-state index >= 15 is 0 Å². The van der Waals surface area contributed by atoms with E-state index in [-0.39, 0.29) is 12.1 Å². The average molecular weight is 326 g/mol. The molecule has 0 atom stereocenters. The Labute approximate surface area is 146 Å². The molecule has 24 heavy (non-hydrogen) atoms. The van der Waals surface area contributed by atoms with Crippen molar-refractivity contribution in [2.45, 2.75) is 63.9 Å². The monoisotopic (exact) mass is 326 g/mol. The number of ether oxygens (including phenoxy) is 1. The fraction of sp³-hybridized carbons (Fsp3) is 0.500. The maximum Gasteiger partial charge on any atom is 0.338 e. The first kappa shape index (κ1) is 18.5. The lowest BCUT2D eigenvalue weighted by Gasteiger charge is -2.28. The van der Waals surface area contributed by atoms with Crippen molar-refractivity contribution in [3.8, 4) is 0 Å². The number of unbranched alkanes of at least 4 members (excludes halogenated alkanes) is 2. The maximum atomic E-state index is 12.3. The van der Waals surface area contributed by atoms with Crippen LogP contribution in [0.4, 0.5) is 0 Å². The largest absolute Gasteiger partial charge is 0.459 e. The van der Waals surface area contributed by atoms with Gasteiger partial charge >= 0.3 is 5.97 Å². The molecule has 1 saturated carbocycles. The number of hydrogen-bond acceptors (Lipinski definition) is 2. The van der Waals surface area contributed by atoms with Crippen LogP contribution in [0, 0.1) is 5.92 Å². The third-order valence-electron chi connectivity index (χ3n) is 4.91. The van der Waals surface area contributed by atoms with Crippen molar-refractivity contribution in [3.05, 3.63) is 60.7 Å². The highest BCUT2D eigenvalue weighted by atomic mass is 16.5. The van der Waals surface area contributed by atoms with Gasteiger partial charge in [0.15, 0.2) is 0 Å². The summed E-state index contributed by atoms with van der Waals surface area (Å²) >= 11 is 0. The summed E-state index contributed by atoms with van der Waals surface area (Å²) in [5.74, 6) is 0.623. The molecule has 2 nitrogen and oxygen atoms in total. The van der Waals surface area contributed by atoms with Crippen LogP contribution in [0.5, 0.6) is 0 Å². The van der Waals surface area contributed by atoms with Crippen LogP contribution in [-0.2, 0) is 11.2 Å². The van der Waals surface area contributed by atoms with Crippen molar-refractivity contribution in [1.82, 2.24) is 0 Å². The lowest BCUT2D eigenvalue weighted by Crippen LogP contribution is -2.24. The standard InChI is InChI=1S/C22H30O2/c1-3-5-6-7-9-19-12-16-21(17-13-19)24-22(23)20-14-10-18(8-4-2)11-15-20/h3-4,10-11,14-15,19,21H,1-2,5-9,12-13,16-17H2. The number of carbonyl (C=O) groups excluding carboxylic acids is 1. The smallest absolute Gasteiger partial charge is 0.338 e. The maximum absolute atomic E-state index is 12.3. The highest BCUT2D eigenvalue weighted by molar-refractivity contribution is 5.89. The van der Waals surface area contributed by atoms with Crippen LogP contribution in [-0.4, -0.2) is 12.1 Å². The topological polar surface area (TPSA) is 26.3 Å². The molecule has 0 N–H and O–H groups in total. The molecule has 0 aliphatic heterocycles. The first-order valence-corrected chi connectivity index (χ1v) is 9.24. The van der Waals surface area contributed by atoms with Crippen molar-refractivity contribution >= 4 is 5.97 Å². The molecule has 0 bridgehead atoms. The highest BCUT2D eigenvalue weighted by Gasteiger charge is 2.24. The zero-order chi connectivity index (χ0) is 17.2. The van der Waals surface area contributed by atoms with Gasteiger partial charge in [-0.05, 0) is 68.6 Å². The second-order valence-corrected chi connectivity index (χ2v) is 6.81. The first-order valence-electron chi connectivity index (χ1n) is 9.24. The van der Waals surface area contributed by atoms with E-state index in [1.54, 1.807) is 0 Å². The minimum atomic E-state index is -0.186. The van der Waals surface area contributed by atoms with Gasteiger partial charge in [0.2, 0.25) is 0 Å². The van der Waals surface area contributed by atoms with E-state index in [1.807, 2.05) is 36.4 Å². The molecule has 2 heteroatoms. The summed E-state index contributed by atoms with van der Waals surface area (Å²) in [6.45, 7) is 7.50. The van der Waals surface area contributed by atoms with Gasteiger partial charge in [0.05, 0.1) is 5.56 Å². The zero-order valence-corrected chi connectivity index (χ0v) is 14.7. The predicted octanol–water partition coefficient (Wildman–Crippen LogP) is 5.88. The Morgan fingerprint density at radius 1 is 1.04 bits per heavy atom. The van der Waals surface area contributed by atoms with Gasteiger partial charge in [0.25, 0.3) is 0 Å². The third-order valence-corrected chi connectivity index (χ3v) is 4.91. The Hall–Kier alpha value is -1.83. The minimum absolute atomic E-state index is 0.0924. The number of benzene rings is 1. The van der Waals surface area contributed by atoms with E-state index in [1.165, 1.54) is 37.7 Å². The van der Waals surface area contributed by atoms with E-state index in [0.29, 0.717) is 5.56 Å². The molecule has 130 valence electrons. The minimum Gasteiger partial charge on any atom is -0.459 e. The lowest BCUT2D eigenvalue weighted by atomic mass is 9.84. The van der Waals surface area contributed by atoms with Gasteiger partial charge < -0.3 is 4.74 Å². The van der Waals surface area contributed by atoms with E-state index in [9.17, 15) is 4.79 Å². The normalized spacial score (nSPS) is 20.3. The summed E-state index contributed by atoms with van der Waals surface area (Å²) < 4.78 is 5.70. The van der Waals surface area contributed by atoms with Gasteiger partial charge in [-0.3, -0.25) is 0 Å².